The number of benzene rings is 1. The van der Waals surface area contributed by atoms with Crippen LogP contribution >= 0.6 is 0 Å². The largest absolute Gasteiger partial charge is 0.481 e. The van der Waals surface area contributed by atoms with Gasteiger partial charge < -0.3 is 5.11 Å². The predicted octanol–water partition coefficient (Wildman–Crippen LogP) is 2.09. The van der Waals surface area contributed by atoms with Crippen molar-refractivity contribution in [1.29, 1.82) is 0 Å². The molecule has 1 unspecified atom stereocenters. The van der Waals surface area contributed by atoms with Gasteiger partial charge in [0.2, 0.25) is 0 Å². The van der Waals surface area contributed by atoms with Crippen LogP contribution < -0.4 is 0 Å². The number of carboxylic acid groups (broad SMARTS) is 1. The van der Waals surface area contributed by atoms with E-state index >= 15 is 0 Å². The van der Waals surface area contributed by atoms with E-state index in [1.165, 1.54) is 11.9 Å². The van der Waals surface area contributed by atoms with E-state index in [1.807, 2.05) is 38.1 Å². The Kier molecular flexibility index (Phi) is 4.50. The third-order valence-corrected chi connectivity index (χ3v) is 3.38. The molecule has 106 valence electrons. The predicted molar refractivity (Wildman–Crippen MR) is 75.4 cm³/mol. The van der Waals surface area contributed by atoms with E-state index in [4.69, 9.17) is 0 Å². The fourth-order valence-electron chi connectivity index (χ4n) is 2.19. The molecule has 5 nitrogen and oxygen atoms in total. The van der Waals surface area contributed by atoms with Gasteiger partial charge >= 0.3 is 5.97 Å². The first-order chi connectivity index (χ1) is 9.60. The summed E-state index contributed by atoms with van der Waals surface area (Å²) in [6.07, 6.45) is 2.38. The Morgan fingerprint density at radius 2 is 2.00 bits per heavy atom. The highest BCUT2D eigenvalue weighted by Gasteiger charge is 2.21. The fraction of sp³-hybridized carbons (Fsp3) is 0.400. The maximum Gasteiger partial charge on any atom is 0.307 e. The summed E-state index contributed by atoms with van der Waals surface area (Å²) >= 11 is 0. The highest BCUT2D eigenvalue weighted by molar-refractivity contribution is 5.70. The molecule has 1 N–H and O–H groups in total. The lowest BCUT2D eigenvalue weighted by atomic mass is 9.95. The zero-order valence-corrected chi connectivity index (χ0v) is 11.8. The molecular formula is C15H19N3O2. The normalized spacial score (nSPS) is 12.3. The molecule has 20 heavy (non-hydrogen) atoms. The van der Waals surface area contributed by atoms with E-state index < -0.39 is 11.9 Å². The summed E-state index contributed by atoms with van der Waals surface area (Å²) < 4.78 is 1.74. The van der Waals surface area contributed by atoms with Crippen LogP contribution in [0.4, 0.5) is 0 Å². The average Bonchev–Trinajstić information content (AvgIpc) is 2.87. The molecule has 1 aromatic carbocycles. The highest BCUT2D eigenvalue weighted by atomic mass is 16.4. The molecule has 0 saturated carbocycles. The van der Waals surface area contributed by atoms with Crippen LogP contribution in [-0.2, 0) is 24.2 Å². The third-order valence-electron chi connectivity index (χ3n) is 3.38. The first-order valence-electron chi connectivity index (χ1n) is 6.75. The number of rotatable bonds is 6. The van der Waals surface area contributed by atoms with E-state index in [1.54, 1.807) is 4.68 Å². The van der Waals surface area contributed by atoms with Crippen LogP contribution in [0.3, 0.4) is 0 Å². The Balaban J connectivity index is 2.11. The van der Waals surface area contributed by atoms with Crippen LogP contribution in [0.1, 0.15) is 23.9 Å². The maximum atomic E-state index is 11.4. The lowest BCUT2D eigenvalue weighted by molar-refractivity contribution is -0.141. The van der Waals surface area contributed by atoms with Gasteiger partial charge in [0.15, 0.2) is 0 Å². The van der Waals surface area contributed by atoms with Gasteiger partial charge in [0.05, 0.1) is 5.92 Å². The second kappa shape index (κ2) is 6.32. The molecule has 1 atom stereocenters. The van der Waals surface area contributed by atoms with Gasteiger partial charge in [-0.05, 0) is 25.8 Å². The summed E-state index contributed by atoms with van der Waals surface area (Å²) in [4.78, 5) is 15.6. The second-order valence-corrected chi connectivity index (χ2v) is 4.92. The smallest absolute Gasteiger partial charge is 0.307 e. The number of carboxylic acids is 1. The van der Waals surface area contributed by atoms with Gasteiger partial charge in [-0.25, -0.2) is 4.98 Å². The Labute approximate surface area is 118 Å². The number of aliphatic carboxylic acids is 1. The Hall–Kier alpha value is -2.17. The van der Waals surface area contributed by atoms with Gasteiger partial charge in [0.25, 0.3) is 0 Å². The molecule has 0 bridgehead atoms. The molecule has 5 heteroatoms. The highest BCUT2D eigenvalue weighted by Crippen LogP contribution is 2.15. The molecule has 2 rings (SSSR count). The monoisotopic (exact) mass is 273 g/mol. The van der Waals surface area contributed by atoms with E-state index in [9.17, 15) is 9.90 Å². The lowest BCUT2D eigenvalue weighted by Gasteiger charge is -2.12. The first-order valence-corrected chi connectivity index (χ1v) is 6.75. The number of aromatic nitrogens is 3. The molecule has 0 aliphatic carbocycles. The van der Waals surface area contributed by atoms with Crippen LogP contribution in [0.2, 0.25) is 0 Å². The van der Waals surface area contributed by atoms with Crippen LogP contribution in [0.25, 0.3) is 0 Å². The minimum Gasteiger partial charge on any atom is -0.481 e. The molecule has 1 heterocycles. The second-order valence-electron chi connectivity index (χ2n) is 4.92. The van der Waals surface area contributed by atoms with Crippen molar-refractivity contribution in [2.24, 2.45) is 5.92 Å². The van der Waals surface area contributed by atoms with E-state index in [0.29, 0.717) is 19.4 Å². The van der Waals surface area contributed by atoms with Gasteiger partial charge in [-0.3, -0.25) is 9.48 Å². The number of carbonyl (C=O) groups is 1. The topological polar surface area (TPSA) is 68.0 Å². The molecule has 0 amide bonds. The van der Waals surface area contributed by atoms with Gasteiger partial charge in [-0.1, -0.05) is 29.8 Å². The Morgan fingerprint density at radius 1 is 1.30 bits per heavy atom. The quantitative estimate of drug-likeness (QED) is 0.875. The van der Waals surface area contributed by atoms with Crippen molar-refractivity contribution in [1.82, 2.24) is 14.8 Å². The van der Waals surface area contributed by atoms with Crippen molar-refractivity contribution < 1.29 is 9.90 Å². The Bertz CT molecular complexity index is 575. The van der Waals surface area contributed by atoms with Crippen molar-refractivity contribution in [2.75, 3.05) is 0 Å². The SMILES string of the molecule is CCn1ncnc1CC(Cc1ccc(C)cc1)C(=O)O. The number of aryl methyl sites for hydroxylation is 2. The van der Waals surface area contributed by atoms with Gasteiger partial charge in [-0.15, -0.1) is 0 Å². The summed E-state index contributed by atoms with van der Waals surface area (Å²) in [6, 6.07) is 7.97. The minimum atomic E-state index is -0.795. The first kappa shape index (κ1) is 14.2. The lowest BCUT2D eigenvalue weighted by Crippen LogP contribution is -2.21. The van der Waals surface area contributed by atoms with Crippen LogP contribution in [0, 0.1) is 12.8 Å². The van der Waals surface area contributed by atoms with Gasteiger partial charge in [-0.2, -0.15) is 5.10 Å². The fourth-order valence-corrected chi connectivity index (χ4v) is 2.19. The Morgan fingerprint density at radius 3 is 2.60 bits per heavy atom. The summed E-state index contributed by atoms with van der Waals surface area (Å²) in [5.41, 5.74) is 2.21. The van der Waals surface area contributed by atoms with Crippen LogP contribution in [-0.4, -0.2) is 25.8 Å². The molecule has 0 aliphatic rings. The van der Waals surface area contributed by atoms with Crippen molar-refractivity contribution in [2.45, 2.75) is 33.2 Å². The minimum absolute atomic E-state index is 0.400. The molecule has 2 aromatic rings. The van der Waals surface area contributed by atoms with E-state index in [2.05, 4.69) is 10.1 Å². The molecular weight excluding hydrogens is 254 g/mol. The van der Waals surface area contributed by atoms with Gasteiger partial charge in [0.1, 0.15) is 12.2 Å². The zero-order chi connectivity index (χ0) is 14.5. The van der Waals surface area contributed by atoms with Crippen molar-refractivity contribution in [3.05, 3.63) is 47.5 Å². The summed E-state index contributed by atoms with van der Waals surface area (Å²) in [7, 11) is 0. The summed E-state index contributed by atoms with van der Waals surface area (Å²) in [5.74, 6) is -0.546. The number of hydrogen-bond donors (Lipinski definition) is 1. The summed E-state index contributed by atoms with van der Waals surface area (Å²) in [5, 5.41) is 13.5. The molecule has 0 radical (unpaired) electrons. The molecule has 0 saturated heterocycles. The number of hydrogen-bond acceptors (Lipinski definition) is 3. The third kappa shape index (κ3) is 3.44. The molecule has 0 spiro atoms. The van der Waals surface area contributed by atoms with Crippen molar-refractivity contribution in [3.8, 4) is 0 Å². The van der Waals surface area contributed by atoms with E-state index in [-0.39, 0.29) is 0 Å². The van der Waals surface area contributed by atoms with Crippen LogP contribution in [0.5, 0.6) is 0 Å². The molecule has 0 fully saturated rings. The zero-order valence-electron chi connectivity index (χ0n) is 11.8. The standard InChI is InChI=1S/C15H19N3O2/c1-3-18-14(16-10-17-18)9-13(15(19)20)8-12-6-4-11(2)5-7-12/h4-7,10,13H,3,8-9H2,1-2H3,(H,19,20). The average molecular weight is 273 g/mol. The number of nitrogens with zero attached hydrogens (tertiary/aromatic N) is 3. The van der Waals surface area contributed by atoms with Crippen molar-refractivity contribution in [3.63, 3.8) is 0 Å². The van der Waals surface area contributed by atoms with Crippen LogP contribution in [0.15, 0.2) is 30.6 Å². The maximum absolute atomic E-state index is 11.4. The molecule has 1 aromatic heterocycles. The van der Waals surface area contributed by atoms with Crippen molar-refractivity contribution >= 4 is 5.97 Å². The van der Waals surface area contributed by atoms with E-state index in [0.717, 1.165) is 11.4 Å². The molecule has 0 aliphatic heterocycles. The summed E-state index contributed by atoms with van der Waals surface area (Å²) in [6.45, 7) is 4.68. The van der Waals surface area contributed by atoms with Gasteiger partial charge in [0, 0.05) is 13.0 Å².